The molecule has 0 saturated heterocycles. The second-order valence-electron chi connectivity index (χ2n) is 6.55. The van der Waals surface area contributed by atoms with Crippen LogP contribution in [0, 0.1) is 17.8 Å². The third kappa shape index (κ3) is 3.43. The van der Waals surface area contributed by atoms with Gasteiger partial charge in [-0.05, 0) is 55.6 Å². The second kappa shape index (κ2) is 5.44. The number of anilines is 1. The number of nitrogens with one attached hydrogen (secondary N) is 1. The smallest absolute Gasteiger partial charge is 0.142 e. The molecule has 2 fully saturated rings. The van der Waals surface area contributed by atoms with Crippen LogP contribution in [0.3, 0.4) is 0 Å². The van der Waals surface area contributed by atoms with Crippen LogP contribution >= 0.6 is 0 Å². The molecule has 0 heterocycles. The van der Waals surface area contributed by atoms with Crippen molar-refractivity contribution < 1.29 is 4.74 Å². The Morgan fingerprint density at radius 2 is 1.74 bits per heavy atom. The maximum Gasteiger partial charge on any atom is 0.142 e. The Hall–Kier alpha value is -1.18. The minimum atomic E-state index is 0.565. The quantitative estimate of drug-likeness (QED) is 0.787. The molecule has 0 atom stereocenters. The van der Waals surface area contributed by atoms with Gasteiger partial charge in [0, 0.05) is 6.04 Å². The number of rotatable bonds is 7. The molecule has 1 N–H and O–H groups in total. The van der Waals surface area contributed by atoms with Crippen LogP contribution in [0.5, 0.6) is 5.75 Å². The highest BCUT2D eigenvalue weighted by Gasteiger charge is 2.41. The van der Waals surface area contributed by atoms with Crippen molar-refractivity contribution in [2.24, 2.45) is 17.8 Å². The van der Waals surface area contributed by atoms with E-state index in [0.29, 0.717) is 12.0 Å². The highest BCUT2D eigenvalue weighted by Crippen LogP contribution is 2.46. The summed E-state index contributed by atoms with van der Waals surface area (Å²) in [6, 6.07) is 9.09. The Kier molecular flexibility index (Phi) is 3.67. The van der Waals surface area contributed by atoms with Gasteiger partial charge in [0.1, 0.15) is 5.75 Å². The zero-order chi connectivity index (χ0) is 13.2. The third-order valence-electron chi connectivity index (χ3n) is 4.04. The molecule has 2 heteroatoms. The van der Waals surface area contributed by atoms with E-state index in [1.54, 1.807) is 0 Å². The Morgan fingerprint density at radius 1 is 1.11 bits per heavy atom. The van der Waals surface area contributed by atoms with E-state index in [1.165, 1.54) is 31.4 Å². The molecule has 0 unspecified atom stereocenters. The lowest BCUT2D eigenvalue weighted by molar-refractivity contribution is 0.272. The highest BCUT2D eigenvalue weighted by molar-refractivity contribution is 5.57. The topological polar surface area (TPSA) is 21.3 Å². The van der Waals surface area contributed by atoms with Crippen molar-refractivity contribution in [3.63, 3.8) is 0 Å². The Labute approximate surface area is 116 Å². The van der Waals surface area contributed by atoms with Gasteiger partial charge in [0.2, 0.25) is 0 Å². The van der Waals surface area contributed by atoms with E-state index in [0.717, 1.165) is 24.2 Å². The van der Waals surface area contributed by atoms with Crippen LogP contribution in [0.2, 0.25) is 0 Å². The van der Waals surface area contributed by atoms with Crippen molar-refractivity contribution in [1.82, 2.24) is 0 Å². The molecule has 1 aromatic rings. The van der Waals surface area contributed by atoms with E-state index < -0.39 is 0 Å². The van der Waals surface area contributed by atoms with E-state index >= 15 is 0 Å². The molecule has 2 aliphatic rings. The first kappa shape index (κ1) is 12.8. The first-order valence-corrected chi connectivity index (χ1v) is 7.72. The minimum Gasteiger partial charge on any atom is -0.491 e. The molecule has 1 aromatic carbocycles. The van der Waals surface area contributed by atoms with Crippen LogP contribution < -0.4 is 10.1 Å². The van der Waals surface area contributed by atoms with E-state index in [9.17, 15) is 0 Å². The van der Waals surface area contributed by atoms with Gasteiger partial charge in [0.25, 0.3) is 0 Å². The molecule has 0 spiro atoms. The number of hydrogen-bond acceptors (Lipinski definition) is 2. The standard InChI is InChI=1S/C17H25NO/c1-12(2)11-19-16-6-4-3-5-15(16)18-17(13-7-8-13)14-9-10-14/h3-6,12-14,17-18H,7-11H2,1-2H3. The summed E-state index contributed by atoms with van der Waals surface area (Å²) >= 11 is 0. The molecular formula is C17H25NO. The highest BCUT2D eigenvalue weighted by atomic mass is 16.5. The third-order valence-corrected chi connectivity index (χ3v) is 4.04. The molecule has 0 radical (unpaired) electrons. The van der Waals surface area contributed by atoms with Gasteiger partial charge < -0.3 is 10.1 Å². The largest absolute Gasteiger partial charge is 0.491 e. The SMILES string of the molecule is CC(C)COc1ccccc1NC(C1CC1)C1CC1. The lowest BCUT2D eigenvalue weighted by Gasteiger charge is -2.21. The van der Waals surface area contributed by atoms with E-state index in [1.807, 2.05) is 0 Å². The minimum absolute atomic E-state index is 0.565. The Balaban J connectivity index is 1.68. The van der Waals surface area contributed by atoms with Crippen LogP contribution in [0.1, 0.15) is 39.5 Å². The zero-order valence-electron chi connectivity index (χ0n) is 12.1. The molecular weight excluding hydrogens is 234 g/mol. The fraction of sp³-hybridized carbons (Fsp3) is 0.647. The monoisotopic (exact) mass is 259 g/mol. The molecule has 0 aliphatic heterocycles. The van der Waals surface area contributed by atoms with Gasteiger partial charge >= 0.3 is 0 Å². The van der Waals surface area contributed by atoms with Gasteiger partial charge in [-0.1, -0.05) is 26.0 Å². The van der Waals surface area contributed by atoms with Gasteiger partial charge in [-0.15, -0.1) is 0 Å². The predicted octanol–water partition coefficient (Wildman–Crippen LogP) is 4.32. The number of ether oxygens (including phenoxy) is 1. The van der Waals surface area contributed by atoms with E-state index in [-0.39, 0.29) is 0 Å². The zero-order valence-corrected chi connectivity index (χ0v) is 12.1. The maximum atomic E-state index is 5.94. The number of benzene rings is 1. The van der Waals surface area contributed by atoms with Gasteiger partial charge in [0.05, 0.1) is 12.3 Å². The van der Waals surface area contributed by atoms with Gasteiger partial charge in [-0.3, -0.25) is 0 Å². The molecule has 0 bridgehead atoms. The predicted molar refractivity (Wildman–Crippen MR) is 79.6 cm³/mol. The van der Waals surface area contributed by atoms with Crippen molar-refractivity contribution in [2.45, 2.75) is 45.6 Å². The average molecular weight is 259 g/mol. The average Bonchev–Trinajstić information content (AvgIpc) is 3.28. The Bertz CT molecular complexity index is 409. The molecule has 2 saturated carbocycles. The molecule has 19 heavy (non-hydrogen) atoms. The normalized spacial score (nSPS) is 18.9. The molecule has 2 nitrogen and oxygen atoms in total. The molecule has 0 amide bonds. The van der Waals surface area contributed by atoms with Crippen molar-refractivity contribution in [3.05, 3.63) is 24.3 Å². The summed E-state index contributed by atoms with van der Waals surface area (Å²) in [5.41, 5.74) is 1.19. The summed E-state index contributed by atoms with van der Waals surface area (Å²) in [6.45, 7) is 5.16. The summed E-state index contributed by atoms with van der Waals surface area (Å²) in [6.07, 6.45) is 5.62. The summed E-state index contributed by atoms with van der Waals surface area (Å²) in [4.78, 5) is 0. The summed E-state index contributed by atoms with van der Waals surface area (Å²) in [5, 5.41) is 3.77. The first-order valence-electron chi connectivity index (χ1n) is 7.72. The molecule has 2 aliphatic carbocycles. The van der Waals surface area contributed by atoms with Crippen molar-refractivity contribution >= 4 is 5.69 Å². The summed E-state index contributed by atoms with van der Waals surface area (Å²) in [5.74, 6) is 3.40. The second-order valence-corrected chi connectivity index (χ2v) is 6.55. The van der Waals surface area contributed by atoms with Crippen LogP contribution in [0.4, 0.5) is 5.69 Å². The lowest BCUT2D eigenvalue weighted by atomic mass is 10.1. The van der Waals surface area contributed by atoms with Gasteiger partial charge in [-0.2, -0.15) is 0 Å². The van der Waals surface area contributed by atoms with Crippen LogP contribution in [0.15, 0.2) is 24.3 Å². The summed E-state index contributed by atoms with van der Waals surface area (Å²) < 4.78 is 5.94. The Morgan fingerprint density at radius 3 is 2.32 bits per heavy atom. The van der Waals surface area contributed by atoms with Gasteiger partial charge in [-0.25, -0.2) is 0 Å². The molecule has 104 valence electrons. The van der Waals surface area contributed by atoms with E-state index in [4.69, 9.17) is 4.74 Å². The van der Waals surface area contributed by atoms with E-state index in [2.05, 4.69) is 43.4 Å². The maximum absolute atomic E-state index is 5.94. The van der Waals surface area contributed by atoms with Crippen molar-refractivity contribution in [2.75, 3.05) is 11.9 Å². The van der Waals surface area contributed by atoms with Crippen LogP contribution in [0.25, 0.3) is 0 Å². The fourth-order valence-electron chi connectivity index (χ4n) is 2.68. The van der Waals surface area contributed by atoms with Crippen molar-refractivity contribution in [3.8, 4) is 5.75 Å². The van der Waals surface area contributed by atoms with Crippen molar-refractivity contribution in [1.29, 1.82) is 0 Å². The first-order chi connectivity index (χ1) is 9.24. The number of para-hydroxylation sites is 2. The van der Waals surface area contributed by atoms with Crippen LogP contribution in [-0.4, -0.2) is 12.6 Å². The van der Waals surface area contributed by atoms with Crippen LogP contribution in [-0.2, 0) is 0 Å². The lowest BCUT2D eigenvalue weighted by Crippen LogP contribution is -2.24. The number of hydrogen-bond donors (Lipinski definition) is 1. The van der Waals surface area contributed by atoms with Gasteiger partial charge in [0.15, 0.2) is 0 Å². The fourth-order valence-corrected chi connectivity index (χ4v) is 2.68. The molecule has 3 rings (SSSR count). The summed E-state index contributed by atoms with van der Waals surface area (Å²) in [7, 11) is 0. The molecule has 0 aromatic heterocycles.